The lowest BCUT2D eigenvalue weighted by molar-refractivity contribution is 0.0712. The SMILES string of the molecule is CCc1[nH]nc(C(=O)N(Cc2ccc(C)o2)C2CC2)c1N. The Morgan fingerprint density at radius 3 is 2.81 bits per heavy atom. The van der Waals surface area contributed by atoms with Gasteiger partial charge in [0.2, 0.25) is 0 Å². The van der Waals surface area contributed by atoms with Gasteiger partial charge in [-0.1, -0.05) is 6.92 Å². The van der Waals surface area contributed by atoms with Crippen LogP contribution in [-0.4, -0.2) is 27.0 Å². The van der Waals surface area contributed by atoms with E-state index in [-0.39, 0.29) is 11.9 Å². The Bertz CT molecular complexity index is 654. The number of rotatable bonds is 5. The van der Waals surface area contributed by atoms with E-state index in [4.69, 9.17) is 10.2 Å². The molecule has 0 bridgehead atoms. The molecule has 0 aliphatic heterocycles. The molecular weight excluding hydrogens is 268 g/mol. The molecule has 6 heteroatoms. The van der Waals surface area contributed by atoms with E-state index in [1.165, 1.54) is 0 Å². The van der Waals surface area contributed by atoms with E-state index in [1.54, 1.807) is 0 Å². The third-order valence-corrected chi connectivity index (χ3v) is 3.81. The van der Waals surface area contributed by atoms with E-state index < -0.39 is 0 Å². The molecule has 0 saturated heterocycles. The van der Waals surface area contributed by atoms with E-state index in [0.29, 0.717) is 17.9 Å². The zero-order valence-electron chi connectivity index (χ0n) is 12.3. The second-order valence-electron chi connectivity index (χ2n) is 5.49. The Kier molecular flexibility index (Phi) is 3.45. The minimum atomic E-state index is -0.125. The van der Waals surface area contributed by atoms with Crippen molar-refractivity contribution in [3.05, 3.63) is 35.0 Å². The predicted molar refractivity (Wildman–Crippen MR) is 78.7 cm³/mol. The number of nitrogens with one attached hydrogen (secondary N) is 1. The van der Waals surface area contributed by atoms with E-state index in [1.807, 2.05) is 30.9 Å². The van der Waals surface area contributed by atoms with Crippen molar-refractivity contribution in [2.24, 2.45) is 0 Å². The number of aromatic amines is 1. The minimum absolute atomic E-state index is 0.125. The summed E-state index contributed by atoms with van der Waals surface area (Å²) in [7, 11) is 0. The highest BCUT2D eigenvalue weighted by Crippen LogP contribution is 2.31. The number of anilines is 1. The average Bonchev–Trinajstić information content (AvgIpc) is 3.12. The van der Waals surface area contributed by atoms with Crippen molar-refractivity contribution in [2.45, 2.75) is 45.7 Å². The number of H-pyrrole nitrogens is 1. The predicted octanol–water partition coefficient (Wildman–Crippen LogP) is 2.26. The molecule has 0 radical (unpaired) electrons. The molecule has 0 atom stereocenters. The van der Waals surface area contributed by atoms with Crippen LogP contribution in [0.5, 0.6) is 0 Å². The van der Waals surface area contributed by atoms with Gasteiger partial charge in [0, 0.05) is 6.04 Å². The summed E-state index contributed by atoms with van der Waals surface area (Å²) in [5, 5.41) is 6.93. The number of aromatic nitrogens is 2. The highest BCUT2D eigenvalue weighted by molar-refractivity contribution is 5.98. The Morgan fingerprint density at radius 1 is 1.52 bits per heavy atom. The lowest BCUT2D eigenvalue weighted by atomic mass is 10.2. The Balaban J connectivity index is 1.83. The van der Waals surface area contributed by atoms with Gasteiger partial charge in [0.05, 0.1) is 17.9 Å². The molecule has 21 heavy (non-hydrogen) atoms. The lowest BCUT2D eigenvalue weighted by Gasteiger charge is -2.20. The van der Waals surface area contributed by atoms with Crippen molar-refractivity contribution in [2.75, 3.05) is 5.73 Å². The van der Waals surface area contributed by atoms with Gasteiger partial charge in [0.25, 0.3) is 5.91 Å². The molecule has 2 heterocycles. The molecule has 1 saturated carbocycles. The van der Waals surface area contributed by atoms with Crippen LogP contribution >= 0.6 is 0 Å². The number of nitrogen functional groups attached to an aromatic ring is 1. The molecule has 112 valence electrons. The first-order chi connectivity index (χ1) is 10.1. The van der Waals surface area contributed by atoms with Gasteiger partial charge in [-0.15, -0.1) is 0 Å². The van der Waals surface area contributed by atoms with Gasteiger partial charge in [-0.3, -0.25) is 9.89 Å². The molecule has 1 aliphatic carbocycles. The quantitative estimate of drug-likeness (QED) is 0.883. The summed E-state index contributed by atoms with van der Waals surface area (Å²) in [6, 6.07) is 4.08. The monoisotopic (exact) mass is 288 g/mol. The van der Waals surface area contributed by atoms with Gasteiger partial charge in [-0.2, -0.15) is 5.10 Å². The number of furan rings is 1. The summed E-state index contributed by atoms with van der Waals surface area (Å²) in [6.45, 7) is 4.33. The van der Waals surface area contributed by atoms with Crippen LogP contribution in [0.1, 0.15) is 47.5 Å². The van der Waals surface area contributed by atoms with Gasteiger partial charge >= 0.3 is 0 Å². The second kappa shape index (κ2) is 5.27. The molecule has 1 fully saturated rings. The molecule has 3 rings (SSSR count). The van der Waals surface area contributed by atoms with Crippen LogP contribution in [0.25, 0.3) is 0 Å². The fourth-order valence-corrected chi connectivity index (χ4v) is 2.45. The molecule has 3 N–H and O–H groups in total. The van der Waals surface area contributed by atoms with Crippen LogP contribution in [0.15, 0.2) is 16.5 Å². The van der Waals surface area contributed by atoms with Gasteiger partial charge in [0.1, 0.15) is 11.5 Å². The molecule has 0 unspecified atom stereocenters. The van der Waals surface area contributed by atoms with Gasteiger partial charge in [-0.05, 0) is 38.3 Å². The summed E-state index contributed by atoms with van der Waals surface area (Å²) in [6.07, 6.45) is 2.78. The lowest BCUT2D eigenvalue weighted by Crippen LogP contribution is -2.33. The summed E-state index contributed by atoms with van der Waals surface area (Å²) >= 11 is 0. The Hall–Kier alpha value is -2.24. The van der Waals surface area contributed by atoms with E-state index >= 15 is 0 Å². The second-order valence-corrected chi connectivity index (χ2v) is 5.49. The summed E-state index contributed by atoms with van der Waals surface area (Å²) in [5.74, 6) is 1.51. The van der Waals surface area contributed by atoms with E-state index in [9.17, 15) is 4.79 Å². The Morgan fingerprint density at radius 2 is 2.29 bits per heavy atom. The van der Waals surface area contributed by atoms with Gasteiger partial charge < -0.3 is 15.1 Å². The number of carbonyl (C=O) groups is 1. The van der Waals surface area contributed by atoms with Gasteiger partial charge in [-0.25, -0.2) is 0 Å². The summed E-state index contributed by atoms with van der Waals surface area (Å²) < 4.78 is 5.58. The molecule has 0 spiro atoms. The average molecular weight is 288 g/mol. The summed E-state index contributed by atoms with van der Waals surface area (Å²) in [4.78, 5) is 14.5. The minimum Gasteiger partial charge on any atom is -0.464 e. The maximum absolute atomic E-state index is 12.7. The van der Waals surface area contributed by atoms with E-state index in [0.717, 1.165) is 36.5 Å². The van der Waals surface area contributed by atoms with Crippen molar-refractivity contribution in [1.29, 1.82) is 0 Å². The van der Waals surface area contributed by atoms with Crippen molar-refractivity contribution < 1.29 is 9.21 Å². The summed E-state index contributed by atoms with van der Waals surface area (Å²) in [5.41, 5.74) is 7.60. The fraction of sp³-hybridized carbons (Fsp3) is 0.467. The van der Waals surface area contributed by atoms with Crippen LogP contribution in [0.4, 0.5) is 5.69 Å². The van der Waals surface area contributed by atoms with Crippen LogP contribution in [0.2, 0.25) is 0 Å². The van der Waals surface area contributed by atoms with Crippen molar-refractivity contribution in [3.63, 3.8) is 0 Å². The number of nitrogens with two attached hydrogens (primary N) is 1. The van der Waals surface area contributed by atoms with Crippen molar-refractivity contribution in [1.82, 2.24) is 15.1 Å². The zero-order valence-corrected chi connectivity index (χ0v) is 12.3. The number of hydrogen-bond donors (Lipinski definition) is 2. The number of hydrogen-bond acceptors (Lipinski definition) is 4. The number of carbonyl (C=O) groups excluding carboxylic acids is 1. The Labute approximate surface area is 123 Å². The normalized spacial score (nSPS) is 14.4. The topological polar surface area (TPSA) is 88.2 Å². The molecule has 2 aromatic heterocycles. The first-order valence-corrected chi connectivity index (χ1v) is 7.29. The van der Waals surface area contributed by atoms with Gasteiger partial charge in [0.15, 0.2) is 5.69 Å². The fourth-order valence-electron chi connectivity index (χ4n) is 2.45. The van der Waals surface area contributed by atoms with Crippen molar-refractivity contribution in [3.8, 4) is 0 Å². The van der Waals surface area contributed by atoms with Crippen LogP contribution < -0.4 is 5.73 Å². The first kappa shape index (κ1) is 13.7. The molecular formula is C15H20N4O2. The maximum Gasteiger partial charge on any atom is 0.277 e. The third kappa shape index (κ3) is 2.66. The zero-order chi connectivity index (χ0) is 15.0. The molecule has 2 aromatic rings. The van der Waals surface area contributed by atoms with Crippen LogP contribution in [-0.2, 0) is 13.0 Å². The van der Waals surface area contributed by atoms with Crippen LogP contribution in [0.3, 0.4) is 0 Å². The molecule has 0 aromatic carbocycles. The standard InChI is InChI=1S/C15H20N4O2/c1-3-12-13(16)14(18-17-12)15(20)19(10-5-6-10)8-11-7-4-9(2)21-11/h4,7,10H,3,5-6,8,16H2,1-2H3,(H,17,18). The molecule has 1 aliphatic rings. The number of aryl methyl sites for hydroxylation is 2. The van der Waals surface area contributed by atoms with Crippen molar-refractivity contribution >= 4 is 11.6 Å². The largest absolute Gasteiger partial charge is 0.464 e. The maximum atomic E-state index is 12.7. The molecule has 1 amide bonds. The highest BCUT2D eigenvalue weighted by atomic mass is 16.3. The smallest absolute Gasteiger partial charge is 0.277 e. The van der Waals surface area contributed by atoms with Crippen LogP contribution in [0, 0.1) is 6.92 Å². The number of amides is 1. The third-order valence-electron chi connectivity index (χ3n) is 3.81. The first-order valence-electron chi connectivity index (χ1n) is 7.29. The number of nitrogens with zero attached hydrogens (tertiary/aromatic N) is 2. The highest BCUT2D eigenvalue weighted by Gasteiger charge is 2.35. The molecule has 6 nitrogen and oxygen atoms in total. The van der Waals surface area contributed by atoms with E-state index in [2.05, 4.69) is 10.2 Å².